The van der Waals surface area contributed by atoms with Gasteiger partial charge in [0.05, 0.1) is 4.90 Å². The molecule has 192 valence electrons. The molecule has 0 aliphatic carbocycles. The maximum atomic E-state index is 13.1. The molecule has 0 spiro atoms. The molecule has 0 heterocycles. The number of rotatable bonds is 14. The fraction of sp³-hybridized carbons (Fsp3) is 0.345. The summed E-state index contributed by atoms with van der Waals surface area (Å²) in [5.41, 5.74) is 4.38. The molecule has 1 unspecified atom stereocenters. The SMILES string of the molecule is CCCCc1ccc(CCC(NS(=O)(=O)c2ccc(Cl)cc2)c2ccc(CCCC(=O)O)cc2)cc1. The molecule has 0 fully saturated rings. The lowest BCUT2D eigenvalue weighted by Gasteiger charge is -2.20. The highest BCUT2D eigenvalue weighted by atomic mass is 35.5. The Balaban J connectivity index is 1.76. The Bertz CT molecular complexity index is 1210. The van der Waals surface area contributed by atoms with E-state index in [2.05, 4.69) is 35.9 Å². The minimum atomic E-state index is -3.75. The van der Waals surface area contributed by atoms with Crippen LogP contribution in [-0.2, 0) is 34.1 Å². The van der Waals surface area contributed by atoms with Crippen molar-refractivity contribution in [3.8, 4) is 0 Å². The van der Waals surface area contributed by atoms with Crippen molar-refractivity contribution in [1.29, 1.82) is 0 Å². The summed E-state index contributed by atoms with van der Waals surface area (Å²) in [6.07, 6.45) is 6.08. The summed E-state index contributed by atoms with van der Waals surface area (Å²) in [7, 11) is -3.75. The lowest BCUT2D eigenvalue weighted by Crippen LogP contribution is -2.29. The van der Waals surface area contributed by atoms with Gasteiger partial charge in [-0.1, -0.05) is 73.5 Å². The number of halogens is 1. The van der Waals surface area contributed by atoms with Gasteiger partial charge in [0.1, 0.15) is 0 Å². The van der Waals surface area contributed by atoms with Gasteiger partial charge in [-0.25, -0.2) is 13.1 Å². The second-order valence-electron chi connectivity index (χ2n) is 9.08. The van der Waals surface area contributed by atoms with E-state index in [1.54, 1.807) is 12.1 Å². The first-order valence-electron chi connectivity index (χ1n) is 12.4. The van der Waals surface area contributed by atoms with Gasteiger partial charge in [0.2, 0.25) is 10.0 Å². The molecule has 3 aromatic rings. The molecule has 0 aliphatic rings. The van der Waals surface area contributed by atoms with Crippen LogP contribution < -0.4 is 4.72 Å². The fourth-order valence-corrected chi connectivity index (χ4v) is 5.47. The second-order valence-corrected chi connectivity index (χ2v) is 11.2. The van der Waals surface area contributed by atoms with Crippen molar-refractivity contribution in [3.63, 3.8) is 0 Å². The van der Waals surface area contributed by atoms with Crippen LogP contribution in [-0.4, -0.2) is 19.5 Å². The Morgan fingerprint density at radius 2 is 1.36 bits per heavy atom. The van der Waals surface area contributed by atoms with Gasteiger partial charge in [0, 0.05) is 17.5 Å². The van der Waals surface area contributed by atoms with Crippen molar-refractivity contribution in [2.45, 2.75) is 69.2 Å². The summed E-state index contributed by atoms with van der Waals surface area (Å²) in [5, 5.41) is 9.34. The molecule has 5 nitrogen and oxygen atoms in total. The minimum absolute atomic E-state index is 0.127. The van der Waals surface area contributed by atoms with E-state index in [0.29, 0.717) is 24.3 Å². The second kappa shape index (κ2) is 13.6. The van der Waals surface area contributed by atoms with Crippen molar-refractivity contribution in [3.05, 3.63) is 100 Å². The summed E-state index contributed by atoms with van der Waals surface area (Å²) in [5.74, 6) is -0.804. The van der Waals surface area contributed by atoms with Crippen LogP contribution in [0.15, 0.2) is 77.7 Å². The first-order chi connectivity index (χ1) is 17.3. The van der Waals surface area contributed by atoms with Crippen LogP contribution in [0.1, 0.15) is 67.3 Å². The normalized spacial score (nSPS) is 12.4. The Morgan fingerprint density at radius 3 is 1.92 bits per heavy atom. The molecule has 0 aliphatic heterocycles. The summed E-state index contributed by atoms with van der Waals surface area (Å²) in [6.45, 7) is 2.18. The van der Waals surface area contributed by atoms with Gasteiger partial charge in [-0.2, -0.15) is 0 Å². The summed E-state index contributed by atoms with van der Waals surface area (Å²) in [4.78, 5) is 11.0. The highest BCUT2D eigenvalue weighted by Gasteiger charge is 2.21. The maximum absolute atomic E-state index is 13.1. The maximum Gasteiger partial charge on any atom is 0.303 e. The van der Waals surface area contributed by atoms with Crippen LogP contribution >= 0.6 is 11.6 Å². The predicted molar refractivity (Wildman–Crippen MR) is 145 cm³/mol. The van der Waals surface area contributed by atoms with Crippen molar-refractivity contribution in [1.82, 2.24) is 4.72 Å². The molecule has 2 N–H and O–H groups in total. The molecule has 36 heavy (non-hydrogen) atoms. The number of aliphatic carboxylic acids is 1. The lowest BCUT2D eigenvalue weighted by atomic mass is 9.97. The van der Waals surface area contributed by atoms with E-state index in [-0.39, 0.29) is 11.3 Å². The zero-order valence-electron chi connectivity index (χ0n) is 20.6. The molecule has 0 saturated carbocycles. The monoisotopic (exact) mass is 527 g/mol. The highest BCUT2D eigenvalue weighted by molar-refractivity contribution is 7.89. The molecule has 0 bridgehead atoms. The van der Waals surface area contributed by atoms with Crippen molar-refractivity contribution < 1.29 is 18.3 Å². The van der Waals surface area contributed by atoms with Gasteiger partial charge in [-0.05, 0) is 85.0 Å². The largest absolute Gasteiger partial charge is 0.481 e. The Labute approximate surface area is 219 Å². The van der Waals surface area contributed by atoms with E-state index >= 15 is 0 Å². The molecule has 0 aromatic heterocycles. The van der Waals surface area contributed by atoms with Gasteiger partial charge < -0.3 is 5.11 Å². The van der Waals surface area contributed by atoms with E-state index in [9.17, 15) is 13.2 Å². The third-order valence-corrected chi connectivity index (χ3v) is 7.96. The summed E-state index contributed by atoms with van der Waals surface area (Å²) >= 11 is 5.94. The Morgan fingerprint density at radius 1 is 0.833 bits per heavy atom. The smallest absolute Gasteiger partial charge is 0.303 e. The quantitative estimate of drug-likeness (QED) is 0.243. The molecule has 3 aromatic carbocycles. The molecule has 0 saturated heterocycles. The van der Waals surface area contributed by atoms with E-state index in [1.165, 1.54) is 24.1 Å². The number of unbranched alkanes of at least 4 members (excludes halogenated alkanes) is 1. The Kier molecular flexibility index (Phi) is 10.5. The molecular formula is C29H34ClNO4S. The average Bonchev–Trinajstić information content (AvgIpc) is 2.86. The van der Waals surface area contributed by atoms with Crippen LogP contribution in [0.25, 0.3) is 0 Å². The topological polar surface area (TPSA) is 83.5 Å². The average molecular weight is 528 g/mol. The lowest BCUT2D eigenvalue weighted by molar-refractivity contribution is -0.137. The van der Waals surface area contributed by atoms with Gasteiger partial charge >= 0.3 is 5.97 Å². The summed E-state index contributed by atoms with van der Waals surface area (Å²) < 4.78 is 29.2. The summed E-state index contributed by atoms with van der Waals surface area (Å²) in [6, 6.07) is 22.0. The number of carbonyl (C=O) groups is 1. The van der Waals surface area contributed by atoms with E-state index in [0.717, 1.165) is 36.0 Å². The number of hydrogen-bond donors (Lipinski definition) is 2. The molecular weight excluding hydrogens is 494 g/mol. The van der Waals surface area contributed by atoms with E-state index in [1.807, 2.05) is 24.3 Å². The van der Waals surface area contributed by atoms with Crippen LogP contribution in [0.5, 0.6) is 0 Å². The highest BCUT2D eigenvalue weighted by Crippen LogP contribution is 2.24. The van der Waals surface area contributed by atoms with E-state index < -0.39 is 22.0 Å². The predicted octanol–water partition coefficient (Wildman–Crippen LogP) is 6.74. The number of aryl methyl sites for hydroxylation is 3. The minimum Gasteiger partial charge on any atom is -0.481 e. The van der Waals surface area contributed by atoms with Crippen LogP contribution in [0.4, 0.5) is 0 Å². The van der Waals surface area contributed by atoms with Gasteiger partial charge in [-0.15, -0.1) is 0 Å². The number of benzene rings is 3. The van der Waals surface area contributed by atoms with Crippen LogP contribution in [0.2, 0.25) is 5.02 Å². The van der Waals surface area contributed by atoms with Crippen LogP contribution in [0, 0.1) is 0 Å². The first-order valence-corrected chi connectivity index (χ1v) is 14.3. The number of hydrogen-bond acceptors (Lipinski definition) is 3. The molecule has 0 amide bonds. The third kappa shape index (κ3) is 8.77. The molecule has 0 radical (unpaired) electrons. The molecule has 3 rings (SSSR count). The number of carboxylic acid groups (broad SMARTS) is 1. The van der Waals surface area contributed by atoms with Crippen molar-refractivity contribution >= 4 is 27.6 Å². The number of sulfonamides is 1. The molecule has 1 atom stereocenters. The first kappa shape index (κ1) is 27.9. The number of carboxylic acids is 1. The van der Waals surface area contributed by atoms with Gasteiger partial charge in [0.15, 0.2) is 0 Å². The fourth-order valence-electron chi connectivity index (χ4n) is 4.09. The van der Waals surface area contributed by atoms with Crippen molar-refractivity contribution in [2.24, 2.45) is 0 Å². The van der Waals surface area contributed by atoms with Crippen LogP contribution in [0.3, 0.4) is 0 Å². The third-order valence-electron chi connectivity index (χ3n) is 6.22. The standard InChI is InChI=1S/C29H34ClNO4S/c1-2-3-5-22-8-10-24(11-9-22)14-21-28(31-36(34,35)27-19-17-26(30)18-20-27)25-15-12-23(13-16-25)6-4-7-29(32)33/h8-13,15-20,28,31H,2-7,14,21H2,1H3,(H,32,33). The number of nitrogens with one attached hydrogen (secondary N) is 1. The zero-order valence-corrected chi connectivity index (χ0v) is 22.2. The van der Waals surface area contributed by atoms with Gasteiger partial charge in [-0.3, -0.25) is 4.79 Å². The van der Waals surface area contributed by atoms with E-state index in [4.69, 9.17) is 16.7 Å². The van der Waals surface area contributed by atoms with Crippen molar-refractivity contribution in [2.75, 3.05) is 0 Å². The zero-order chi connectivity index (χ0) is 26.0. The Hall–Kier alpha value is -2.67. The van der Waals surface area contributed by atoms with Gasteiger partial charge in [0.25, 0.3) is 0 Å². The molecule has 7 heteroatoms.